The molecule has 1 atom stereocenters. The van der Waals surface area contributed by atoms with Crippen molar-refractivity contribution in [2.45, 2.75) is 26.0 Å². The summed E-state index contributed by atoms with van der Waals surface area (Å²) in [6.45, 7) is 1.82. The Hall–Kier alpha value is -1.89. The zero-order valence-electron chi connectivity index (χ0n) is 10.6. The zero-order chi connectivity index (χ0) is 13.4. The summed E-state index contributed by atoms with van der Waals surface area (Å²) < 4.78 is 4.07. The van der Waals surface area contributed by atoms with Crippen molar-refractivity contribution in [3.8, 4) is 0 Å². The molecule has 7 nitrogen and oxygen atoms in total. The number of rotatable bonds is 3. The quantitative estimate of drug-likeness (QED) is 0.775. The van der Waals surface area contributed by atoms with Gasteiger partial charge in [0.25, 0.3) is 5.56 Å². The van der Waals surface area contributed by atoms with Crippen LogP contribution in [0.5, 0.6) is 0 Å². The summed E-state index contributed by atoms with van der Waals surface area (Å²) in [6.07, 6.45) is 1.31. The van der Waals surface area contributed by atoms with Gasteiger partial charge in [-0.05, 0) is 13.3 Å². The first-order valence-electron chi connectivity index (χ1n) is 5.72. The van der Waals surface area contributed by atoms with Crippen molar-refractivity contribution < 1.29 is 5.11 Å². The minimum absolute atomic E-state index is 0.199. The van der Waals surface area contributed by atoms with E-state index in [0.29, 0.717) is 17.6 Å². The Balaban J connectivity index is 2.70. The maximum absolute atomic E-state index is 12.2. The second-order valence-electron chi connectivity index (χ2n) is 4.46. The topological polar surface area (TPSA) is 82.1 Å². The molecule has 1 N–H and O–H groups in total. The van der Waals surface area contributed by atoms with Crippen LogP contribution in [0.1, 0.15) is 13.3 Å². The first kappa shape index (κ1) is 12.6. The molecule has 2 aromatic rings. The van der Waals surface area contributed by atoms with Crippen molar-refractivity contribution in [3.05, 3.63) is 27.2 Å². The summed E-state index contributed by atoms with van der Waals surface area (Å²) in [6, 6.07) is 0. The first-order chi connectivity index (χ1) is 8.43. The highest BCUT2D eigenvalue weighted by Crippen LogP contribution is 2.03. The summed E-state index contributed by atoms with van der Waals surface area (Å²) in [5.74, 6) is 0. The van der Waals surface area contributed by atoms with E-state index in [1.54, 1.807) is 25.6 Å². The number of hydrogen-bond donors (Lipinski definition) is 1. The van der Waals surface area contributed by atoms with E-state index < -0.39 is 11.8 Å². The zero-order valence-corrected chi connectivity index (χ0v) is 10.6. The van der Waals surface area contributed by atoms with Gasteiger partial charge < -0.3 is 9.67 Å². The maximum atomic E-state index is 12.2. The maximum Gasteiger partial charge on any atom is 0.332 e. The summed E-state index contributed by atoms with van der Waals surface area (Å²) in [7, 11) is 3.29. The van der Waals surface area contributed by atoms with Crippen LogP contribution in [0.25, 0.3) is 11.2 Å². The molecule has 18 heavy (non-hydrogen) atoms. The lowest BCUT2D eigenvalue weighted by molar-refractivity contribution is 0.177. The van der Waals surface area contributed by atoms with Gasteiger partial charge in [0.15, 0.2) is 11.2 Å². The molecule has 7 heteroatoms. The molecule has 0 fully saturated rings. The van der Waals surface area contributed by atoms with E-state index in [1.165, 1.54) is 10.9 Å². The molecule has 0 aliphatic carbocycles. The molecule has 0 saturated heterocycles. The fourth-order valence-electron chi connectivity index (χ4n) is 1.91. The smallest absolute Gasteiger partial charge is 0.332 e. The molecule has 2 heterocycles. The number of aromatic nitrogens is 4. The standard InChI is InChI=1S/C11H16N4O3/c1-7(16)4-5-15-10(17)8-9(12-6-13(8)2)14(3)11(15)18/h6-7,16H,4-5H2,1-3H3. The average Bonchev–Trinajstić information content (AvgIpc) is 2.68. The van der Waals surface area contributed by atoms with E-state index in [4.69, 9.17) is 0 Å². The summed E-state index contributed by atoms with van der Waals surface area (Å²) in [5, 5.41) is 9.25. The van der Waals surface area contributed by atoms with Gasteiger partial charge in [0.2, 0.25) is 0 Å². The fraction of sp³-hybridized carbons (Fsp3) is 0.545. The Bertz CT molecular complexity index is 693. The van der Waals surface area contributed by atoms with Gasteiger partial charge in [0, 0.05) is 20.6 Å². The Morgan fingerprint density at radius 3 is 2.67 bits per heavy atom. The van der Waals surface area contributed by atoms with Crippen LogP contribution in [0.4, 0.5) is 0 Å². The van der Waals surface area contributed by atoms with Gasteiger partial charge >= 0.3 is 5.69 Å². The van der Waals surface area contributed by atoms with E-state index in [2.05, 4.69) is 4.98 Å². The van der Waals surface area contributed by atoms with Crippen LogP contribution in [0.3, 0.4) is 0 Å². The van der Waals surface area contributed by atoms with Gasteiger partial charge in [0.1, 0.15) is 0 Å². The lowest BCUT2D eigenvalue weighted by Crippen LogP contribution is -2.40. The monoisotopic (exact) mass is 252 g/mol. The lowest BCUT2D eigenvalue weighted by atomic mass is 10.3. The summed E-state index contributed by atoms with van der Waals surface area (Å²) in [4.78, 5) is 28.3. The number of nitrogens with zero attached hydrogens (tertiary/aromatic N) is 4. The molecule has 2 aromatic heterocycles. The van der Waals surface area contributed by atoms with Gasteiger partial charge in [-0.15, -0.1) is 0 Å². The molecule has 0 saturated carbocycles. The molecular weight excluding hydrogens is 236 g/mol. The van der Waals surface area contributed by atoms with Gasteiger partial charge in [-0.3, -0.25) is 13.9 Å². The van der Waals surface area contributed by atoms with Crippen LogP contribution < -0.4 is 11.2 Å². The second kappa shape index (κ2) is 4.41. The van der Waals surface area contributed by atoms with Gasteiger partial charge in [-0.2, -0.15) is 0 Å². The molecule has 0 radical (unpaired) electrons. The van der Waals surface area contributed by atoms with Crippen molar-refractivity contribution >= 4 is 11.2 Å². The van der Waals surface area contributed by atoms with Crippen molar-refractivity contribution in [1.82, 2.24) is 18.7 Å². The highest BCUT2D eigenvalue weighted by atomic mass is 16.3. The Kier molecular flexibility index (Phi) is 3.08. The van der Waals surface area contributed by atoms with Crippen LogP contribution in [-0.2, 0) is 20.6 Å². The number of hydrogen-bond acceptors (Lipinski definition) is 4. The van der Waals surface area contributed by atoms with Gasteiger partial charge in [-0.1, -0.05) is 0 Å². The van der Waals surface area contributed by atoms with Crippen molar-refractivity contribution in [2.75, 3.05) is 0 Å². The second-order valence-corrected chi connectivity index (χ2v) is 4.46. The molecule has 1 unspecified atom stereocenters. The molecule has 0 aromatic carbocycles. The molecule has 2 rings (SSSR count). The van der Waals surface area contributed by atoms with E-state index >= 15 is 0 Å². The summed E-state index contributed by atoms with van der Waals surface area (Å²) >= 11 is 0. The first-order valence-corrected chi connectivity index (χ1v) is 5.72. The molecule has 0 spiro atoms. The van der Waals surface area contributed by atoms with E-state index in [0.717, 1.165) is 4.57 Å². The number of fused-ring (bicyclic) bond motifs is 1. The molecule has 98 valence electrons. The number of aryl methyl sites for hydroxylation is 2. The average molecular weight is 252 g/mol. The number of aliphatic hydroxyl groups is 1. The minimum atomic E-state index is -0.552. The number of imidazole rings is 1. The van der Waals surface area contributed by atoms with Gasteiger partial charge in [0.05, 0.1) is 12.4 Å². The van der Waals surface area contributed by atoms with Crippen LogP contribution in [0.2, 0.25) is 0 Å². The third kappa shape index (κ3) is 1.86. The van der Waals surface area contributed by atoms with Crippen LogP contribution >= 0.6 is 0 Å². The Labute approximate surface area is 103 Å². The minimum Gasteiger partial charge on any atom is -0.393 e. The molecule has 0 aliphatic heterocycles. The largest absolute Gasteiger partial charge is 0.393 e. The van der Waals surface area contributed by atoms with Crippen molar-refractivity contribution in [2.24, 2.45) is 14.1 Å². The van der Waals surface area contributed by atoms with E-state index in [9.17, 15) is 14.7 Å². The third-order valence-electron chi connectivity index (χ3n) is 2.97. The van der Waals surface area contributed by atoms with Gasteiger partial charge in [-0.25, -0.2) is 9.78 Å². The highest BCUT2D eigenvalue weighted by molar-refractivity contribution is 5.69. The molecular formula is C11H16N4O3. The fourth-order valence-corrected chi connectivity index (χ4v) is 1.91. The van der Waals surface area contributed by atoms with Crippen molar-refractivity contribution in [1.29, 1.82) is 0 Å². The molecule has 0 aliphatic rings. The SMILES string of the molecule is CC(O)CCn1c(=O)c2c(ncn2C)n(C)c1=O. The van der Waals surface area contributed by atoms with Crippen LogP contribution in [-0.4, -0.2) is 29.9 Å². The highest BCUT2D eigenvalue weighted by Gasteiger charge is 2.14. The van der Waals surface area contributed by atoms with E-state index in [1.807, 2.05) is 0 Å². The predicted octanol–water partition coefficient (Wildman–Crippen LogP) is -0.795. The normalized spacial score (nSPS) is 13.1. The third-order valence-corrected chi connectivity index (χ3v) is 2.97. The Morgan fingerprint density at radius 1 is 1.39 bits per heavy atom. The molecule has 0 amide bonds. The predicted molar refractivity (Wildman–Crippen MR) is 66.5 cm³/mol. The van der Waals surface area contributed by atoms with Crippen molar-refractivity contribution in [3.63, 3.8) is 0 Å². The van der Waals surface area contributed by atoms with E-state index in [-0.39, 0.29) is 12.1 Å². The number of aliphatic hydroxyl groups excluding tert-OH is 1. The van der Waals surface area contributed by atoms with Crippen LogP contribution in [0.15, 0.2) is 15.9 Å². The summed E-state index contributed by atoms with van der Waals surface area (Å²) in [5.41, 5.74) is -0.0101. The lowest BCUT2D eigenvalue weighted by Gasteiger charge is -2.09. The van der Waals surface area contributed by atoms with Crippen LogP contribution in [0, 0.1) is 0 Å². The Morgan fingerprint density at radius 2 is 2.06 bits per heavy atom. The molecule has 0 bridgehead atoms.